The first kappa shape index (κ1) is 59.1. The molecule has 0 aromatic heterocycles. The predicted molar refractivity (Wildman–Crippen MR) is 270 cm³/mol. The van der Waals surface area contributed by atoms with Gasteiger partial charge in [0.1, 0.15) is 13.2 Å². The van der Waals surface area contributed by atoms with Crippen molar-refractivity contribution < 1.29 is 28.6 Å². The average Bonchev–Trinajstić information content (AvgIpc) is 3.28. The van der Waals surface area contributed by atoms with Crippen LogP contribution in [0.25, 0.3) is 0 Å². The minimum absolute atomic E-state index is 0.121. The van der Waals surface area contributed by atoms with E-state index < -0.39 is 6.10 Å². The lowest BCUT2D eigenvalue weighted by atomic mass is 10.1. The van der Waals surface area contributed by atoms with Crippen molar-refractivity contribution in [3.8, 4) is 0 Å². The van der Waals surface area contributed by atoms with Crippen LogP contribution in [0.5, 0.6) is 0 Å². The van der Waals surface area contributed by atoms with Crippen molar-refractivity contribution in [3.63, 3.8) is 0 Å². The van der Waals surface area contributed by atoms with E-state index in [4.69, 9.17) is 14.2 Å². The van der Waals surface area contributed by atoms with Gasteiger partial charge >= 0.3 is 17.9 Å². The summed E-state index contributed by atoms with van der Waals surface area (Å²) in [5.74, 6) is -1.03. The van der Waals surface area contributed by atoms with Gasteiger partial charge in [0.05, 0.1) is 0 Å². The number of carbonyl (C=O) groups is 3. The number of ether oxygens (including phenoxy) is 3. The third-order valence-electron chi connectivity index (χ3n) is 10.4. The quantitative estimate of drug-likeness (QED) is 0.0199. The van der Waals surface area contributed by atoms with Crippen LogP contribution in [0.2, 0.25) is 0 Å². The number of esters is 3. The Kier molecular flexibility index (Phi) is 47.5. The van der Waals surface area contributed by atoms with Crippen LogP contribution in [0.4, 0.5) is 0 Å². The summed E-state index contributed by atoms with van der Waals surface area (Å²) in [5.41, 5.74) is 0. The van der Waals surface area contributed by atoms with Gasteiger partial charge in [0.15, 0.2) is 6.10 Å². The van der Waals surface area contributed by atoms with Crippen LogP contribution >= 0.6 is 0 Å². The van der Waals surface area contributed by atoms with Crippen molar-refractivity contribution >= 4 is 17.9 Å². The average molecular weight is 873 g/mol. The van der Waals surface area contributed by atoms with E-state index in [1.807, 2.05) is 36.5 Å². The van der Waals surface area contributed by atoms with Gasteiger partial charge in [0, 0.05) is 19.3 Å². The normalized spacial score (nSPS) is 13.0. The number of carbonyl (C=O) groups excluding carboxylic acids is 3. The number of hydrogen-bond acceptors (Lipinski definition) is 6. The van der Waals surface area contributed by atoms with E-state index in [9.17, 15) is 14.4 Å². The molecule has 0 rings (SSSR count). The van der Waals surface area contributed by atoms with Crippen LogP contribution in [0.15, 0.2) is 109 Å². The van der Waals surface area contributed by atoms with Gasteiger partial charge in [-0.3, -0.25) is 14.4 Å². The van der Waals surface area contributed by atoms with E-state index in [-0.39, 0.29) is 37.5 Å². The fourth-order valence-electron chi connectivity index (χ4n) is 6.52. The molecule has 0 bridgehead atoms. The van der Waals surface area contributed by atoms with E-state index in [0.29, 0.717) is 19.3 Å². The van der Waals surface area contributed by atoms with Gasteiger partial charge in [-0.05, 0) is 96.3 Å². The fraction of sp³-hybridized carbons (Fsp3) is 0.632. The van der Waals surface area contributed by atoms with Gasteiger partial charge in [0.25, 0.3) is 0 Å². The zero-order valence-corrected chi connectivity index (χ0v) is 40.5. The van der Waals surface area contributed by atoms with Gasteiger partial charge in [-0.2, -0.15) is 0 Å². The standard InChI is InChI=1S/C57H92O6/c1-4-7-10-13-16-19-22-25-27-28-30-32-35-38-41-44-47-50-56(59)62-53-54(52-61-55(58)49-46-43-40-37-34-31-24-21-18-15-12-9-6-3)63-57(60)51-48-45-42-39-36-33-29-26-23-20-17-14-11-8-5-2/h9,12,15,17-18,20-21,23-27,30-32,34,38,41,54H,4-8,10-11,13-14,16,19,22,28-29,33,35-37,39-40,42-53H2,1-3H3/b12-9-,18-15-,20-17-,24-21-,26-23-,27-25-,32-30-,34-31-,41-38-. The number of unbranched alkanes of at least 4 members (excludes halogenated alkanes) is 19. The molecule has 0 aliphatic rings. The Morgan fingerprint density at radius 2 is 0.698 bits per heavy atom. The van der Waals surface area contributed by atoms with E-state index in [2.05, 4.69) is 93.7 Å². The fourth-order valence-corrected chi connectivity index (χ4v) is 6.52. The molecule has 0 amide bonds. The first-order chi connectivity index (χ1) is 31.0. The lowest BCUT2D eigenvalue weighted by molar-refractivity contribution is -0.167. The molecule has 0 aromatic rings. The molecule has 0 saturated carbocycles. The van der Waals surface area contributed by atoms with Crippen molar-refractivity contribution in [2.45, 2.75) is 219 Å². The van der Waals surface area contributed by atoms with Gasteiger partial charge in [-0.25, -0.2) is 0 Å². The predicted octanol–water partition coefficient (Wildman–Crippen LogP) is 16.8. The molecule has 6 heteroatoms. The van der Waals surface area contributed by atoms with E-state index in [0.717, 1.165) is 89.9 Å². The maximum atomic E-state index is 12.8. The molecule has 356 valence electrons. The molecule has 0 aliphatic carbocycles. The highest BCUT2D eigenvalue weighted by molar-refractivity contribution is 5.71. The highest BCUT2D eigenvalue weighted by atomic mass is 16.6. The molecule has 0 heterocycles. The van der Waals surface area contributed by atoms with Crippen LogP contribution in [0.3, 0.4) is 0 Å². The lowest BCUT2D eigenvalue weighted by Crippen LogP contribution is -2.30. The highest BCUT2D eigenvalue weighted by Crippen LogP contribution is 2.12. The maximum absolute atomic E-state index is 12.8. The summed E-state index contributed by atoms with van der Waals surface area (Å²) in [5, 5.41) is 0. The zero-order valence-electron chi connectivity index (χ0n) is 40.5. The summed E-state index contributed by atoms with van der Waals surface area (Å²) in [6.07, 6.45) is 67.9. The smallest absolute Gasteiger partial charge is 0.306 e. The molecule has 0 spiro atoms. The molecule has 1 atom stereocenters. The molecule has 0 fully saturated rings. The third kappa shape index (κ3) is 49.0. The summed E-state index contributed by atoms with van der Waals surface area (Å²) >= 11 is 0. The summed E-state index contributed by atoms with van der Waals surface area (Å²) in [6, 6.07) is 0. The zero-order chi connectivity index (χ0) is 45.8. The van der Waals surface area contributed by atoms with E-state index in [1.165, 1.54) is 77.0 Å². The molecular weight excluding hydrogens is 781 g/mol. The minimum atomic E-state index is -0.822. The Morgan fingerprint density at radius 3 is 1.24 bits per heavy atom. The molecule has 63 heavy (non-hydrogen) atoms. The Bertz CT molecular complexity index is 1330. The molecule has 6 nitrogen and oxygen atoms in total. The highest BCUT2D eigenvalue weighted by Gasteiger charge is 2.19. The van der Waals surface area contributed by atoms with Crippen molar-refractivity contribution in [3.05, 3.63) is 109 Å². The van der Waals surface area contributed by atoms with Gasteiger partial charge < -0.3 is 14.2 Å². The Balaban J connectivity index is 4.55. The van der Waals surface area contributed by atoms with Gasteiger partial charge in [-0.1, -0.05) is 207 Å². The Morgan fingerprint density at radius 1 is 0.349 bits per heavy atom. The van der Waals surface area contributed by atoms with Crippen molar-refractivity contribution in [2.24, 2.45) is 0 Å². The SMILES string of the molecule is CC\C=C/C=C\C=C/C=C\CCCCCC(=O)OCC(COC(=O)CCC/C=C\C/C=C\C/C=C\CCCCCCCC)OC(=O)CCCCCCCC/C=C\C=C/CCCCC. The molecular formula is C57H92O6. The van der Waals surface area contributed by atoms with Crippen LogP contribution in [-0.2, 0) is 28.6 Å². The van der Waals surface area contributed by atoms with Crippen LogP contribution < -0.4 is 0 Å². The second-order valence-electron chi connectivity index (χ2n) is 16.5. The van der Waals surface area contributed by atoms with Crippen molar-refractivity contribution in [1.82, 2.24) is 0 Å². The molecule has 0 N–H and O–H groups in total. The second-order valence-corrected chi connectivity index (χ2v) is 16.5. The van der Waals surface area contributed by atoms with Crippen LogP contribution in [0, 0.1) is 0 Å². The number of hydrogen-bond donors (Lipinski definition) is 0. The summed E-state index contributed by atoms with van der Waals surface area (Å²) in [4.78, 5) is 37.9. The largest absolute Gasteiger partial charge is 0.462 e. The van der Waals surface area contributed by atoms with E-state index in [1.54, 1.807) is 0 Å². The van der Waals surface area contributed by atoms with Gasteiger partial charge in [0.2, 0.25) is 0 Å². The first-order valence-corrected chi connectivity index (χ1v) is 25.5. The Labute approximate surface area is 387 Å². The molecule has 0 saturated heterocycles. The number of rotatable bonds is 44. The van der Waals surface area contributed by atoms with E-state index >= 15 is 0 Å². The lowest BCUT2D eigenvalue weighted by Gasteiger charge is -2.18. The Hall–Kier alpha value is -3.93. The number of allylic oxidation sites excluding steroid dienone is 18. The maximum Gasteiger partial charge on any atom is 0.306 e. The van der Waals surface area contributed by atoms with Crippen molar-refractivity contribution in [1.29, 1.82) is 0 Å². The molecule has 0 aromatic carbocycles. The molecule has 0 aliphatic heterocycles. The third-order valence-corrected chi connectivity index (χ3v) is 10.4. The van der Waals surface area contributed by atoms with Crippen LogP contribution in [-0.4, -0.2) is 37.2 Å². The van der Waals surface area contributed by atoms with Crippen molar-refractivity contribution in [2.75, 3.05) is 13.2 Å². The summed E-state index contributed by atoms with van der Waals surface area (Å²) in [7, 11) is 0. The second kappa shape index (κ2) is 50.7. The monoisotopic (exact) mass is 873 g/mol. The minimum Gasteiger partial charge on any atom is -0.462 e. The molecule has 1 unspecified atom stereocenters. The summed E-state index contributed by atoms with van der Waals surface area (Å²) < 4.78 is 16.7. The summed E-state index contributed by atoms with van der Waals surface area (Å²) in [6.45, 7) is 6.35. The molecule has 0 radical (unpaired) electrons. The topological polar surface area (TPSA) is 78.9 Å². The van der Waals surface area contributed by atoms with Crippen LogP contribution in [0.1, 0.15) is 213 Å². The first-order valence-electron chi connectivity index (χ1n) is 25.5. The van der Waals surface area contributed by atoms with Gasteiger partial charge in [-0.15, -0.1) is 0 Å².